The van der Waals surface area contributed by atoms with Crippen molar-refractivity contribution in [2.24, 2.45) is 5.92 Å². The fourth-order valence-electron chi connectivity index (χ4n) is 4.33. The fraction of sp³-hybridized carbons (Fsp3) is 0.500. The first-order valence-electron chi connectivity index (χ1n) is 11.7. The first kappa shape index (κ1) is 26.4. The molecule has 12 nitrogen and oxygen atoms in total. The molecule has 0 aromatic carbocycles. The molecule has 16 heteroatoms. The lowest BCUT2D eigenvalue weighted by Crippen LogP contribution is -2.61. The normalized spacial score (nSPS) is 17.7. The molecule has 1 amide bonds. The lowest BCUT2D eigenvalue weighted by molar-refractivity contribution is -0.134. The van der Waals surface area contributed by atoms with Gasteiger partial charge in [-0.25, -0.2) is 22.2 Å². The van der Waals surface area contributed by atoms with E-state index >= 15 is 0 Å². The number of carbonyl (C=O) groups is 1. The van der Waals surface area contributed by atoms with E-state index in [1.807, 2.05) is 24.8 Å². The second-order valence-corrected chi connectivity index (χ2v) is 12.1. The molecule has 0 unspecified atom stereocenters. The summed E-state index contributed by atoms with van der Waals surface area (Å²) in [4.78, 5) is 20.4. The van der Waals surface area contributed by atoms with Gasteiger partial charge in [0.1, 0.15) is 4.90 Å². The summed E-state index contributed by atoms with van der Waals surface area (Å²) in [6.07, 6.45) is 0.0239. The quantitative estimate of drug-likeness (QED) is 0.451. The lowest BCUT2D eigenvalue weighted by Gasteiger charge is -2.37. The molecule has 3 aromatic rings. The number of nitriles is 1. The number of amides is 1. The van der Waals surface area contributed by atoms with Gasteiger partial charge in [0.15, 0.2) is 21.4 Å². The molecule has 0 radical (unpaired) electrons. The Morgan fingerprint density at radius 3 is 2.50 bits per heavy atom. The molecule has 3 aromatic heterocycles. The van der Waals surface area contributed by atoms with Gasteiger partial charge in [0.05, 0.1) is 36.7 Å². The van der Waals surface area contributed by atoms with E-state index in [1.54, 1.807) is 4.90 Å². The number of anilines is 1. The van der Waals surface area contributed by atoms with Crippen LogP contribution in [0.25, 0.3) is 16.3 Å². The first-order valence-corrected chi connectivity index (χ1v) is 14.0. The van der Waals surface area contributed by atoms with Gasteiger partial charge < -0.3 is 14.5 Å². The van der Waals surface area contributed by atoms with Gasteiger partial charge in [-0.2, -0.15) is 9.98 Å². The minimum Gasteiger partial charge on any atom is -0.375 e. The van der Waals surface area contributed by atoms with E-state index in [0.717, 1.165) is 0 Å². The van der Waals surface area contributed by atoms with Crippen LogP contribution in [0.4, 0.5) is 14.5 Å². The molecule has 2 saturated heterocycles. The van der Waals surface area contributed by atoms with E-state index in [9.17, 15) is 27.3 Å². The number of fused-ring (bicyclic) bond motifs is 1. The van der Waals surface area contributed by atoms with Crippen molar-refractivity contribution < 1.29 is 26.7 Å². The third-order valence-corrected chi connectivity index (χ3v) is 8.82. The molecule has 2 fully saturated rings. The number of hydrogen-bond acceptors (Lipinski definition) is 10. The van der Waals surface area contributed by atoms with Crippen molar-refractivity contribution >= 4 is 38.5 Å². The van der Waals surface area contributed by atoms with Crippen LogP contribution >= 0.6 is 11.3 Å². The number of rotatable bonds is 7. The fourth-order valence-corrected chi connectivity index (χ4v) is 6.33. The molecule has 202 valence electrons. The molecule has 2 aliphatic heterocycles. The average molecular weight is 567 g/mol. The summed E-state index contributed by atoms with van der Waals surface area (Å²) in [7, 11) is -4.21. The molecule has 0 bridgehead atoms. The van der Waals surface area contributed by atoms with Gasteiger partial charge >= 0.3 is 0 Å². The zero-order chi connectivity index (χ0) is 27.2. The number of nitrogens with zero attached hydrogens (tertiary/aromatic N) is 7. The van der Waals surface area contributed by atoms with Gasteiger partial charge in [-0.1, -0.05) is 25.2 Å². The number of aromatic nitrogens is 4. The molecule has 0 aliphatic carbocycles. The summed E-state index contributed by atoms with van der Waals surface area (Å²) in [5, 5.41) is 16.5. The zero-order valence-corrected chi connectivity index (χ0v) is 22.1. The molecule has 0 atom stereocenters. The maximum absolute atomic E-state index is 13.4. The van der Waals surface area contributed by atoms with Crippen LogP contribution in [0.3, 0.4) is 0 Å². The van der Waals surface area contributed by atoms with Crippen LogP contribution in [-0.4, -0.2) is 83.7 Å². The molecule has 0 saturated carbocycles. The highest BCUT2D eigenvalue weighted by Gasteiger charge is 2.43. The van der Waals surface area contributed by atoms with Crippen molar-refractivity contribution in [3.8, 4) is 16.9 Å². The van der Waals surface area contributed by atoms with Gasteiger partial charge in [0, 0.05) is 38.3 Å². The van der Waals surface area contributed by atoms with Crippen molar-refractivity contribution in [3.05, 3.63) is 23.5 Å². The second kappa shape index (κ2) is 9.80. The lowest BCUT2D eigenvalue weighted by atomic mass is 10.0. The Labute approximate surface area is 220 Å². The van der Waals surface area contributed by atoms with Crippen LogP contribution in [-0.2, 0) is 19.6 Å². The van der Waals surface area contributed by atoms with Crippen LogP contribution in [0.15, 0.2) is 23.4 Å². The molecule has 2 aliphatic rings. The third kappa shape index (κ3) is 4.70. The molecule has 0 spiro atoms. The highest BCUT2D eigenvalue weighted by atomic mass is 32.2. The van der Waals surface area contributed by atoms with E-state index in [2.05, 4.69) is 19.9 Å². The highest BCUT2D eigenvalue weighted by Crippen LogP contribution is 2.34. The van der Waals surface area contributed by atoms with E-state index in [-0.39, 0.29) is 40.8 Å². The predicted molar refractivity (Wildman–Crippen MR) is 132 cm³/mol. The number of pyridine rings is 1. The van der Waals surface area contributed by atoms with Gasteiger partial charge in [0.2, 0.25) is 15.9 Å². The largest absolute Gasteiger partial charge is 0.375 e. The maximum Gasteiger partial charge on any atom is 0.291 e. The summed E-state index contributed by atoms with van der Waals surface area (Å²) < 4.78 is 62.1. The van der Waals surface area contributed by atoms with Crippen molar-refractivity contribution in [1.82, 2.24) is 29.2 Å². The molecule has 5 heterocycles. The smallest absolute Gasteiger partial charge is 0.291 e. The summed E-state index contributed by atoms with van der Waals surface area (Å²) in [6, 6.07) is 3.44. The van der Waals surface area contributed by atoms with Crippen molar-refractivity contribution in [3.63, 3.8) is 0 Å². The van der Waals surface area contributed by atoms with Crippen LogP contribution in [0.1, 0.15) is 25.3 Å². The standard InChI is InChI=1S/C22H24F2N8O4S2/c1-13(2)21(33)31-5-3-30(4-6-31)15-7-14(38(34,35)29-22(10-25)11-36-12-22)9-32-16(15)8-26-18(32)20-28-27-19(37-20)17(23)24/h7-9,13,17,29H,3-6,11-12H2,1-2H3. The second-order valence-electron chi connectivity index (χ2n) is 9.40. The number of ether oxygens (including phenoxy) is 1. The number of piperazine rings is 1. The number of carbonyl (C=O) groups excluding carboxylic acids is 1. The number of imidazole rings is 1. The summed E-state index contributed by atoms with van der Waals surface area (Å²) >= 11 is 0.663. The Morgan fingerprint density at radius 2 is 1.95 bits per heavy atom. The van der Waals surface area contributed by atoms with Crippen LogP contribution < -0.4 is 9.62 Å². The van der Waals surface area contributed by atoms with Gasteiger partial charge in [-0.05, 0) is 6.07 Å². The number of hydrogen-bond donors (Lipinski definition) is 1. The van der Waals surface area contributed by atoms with Crippen LogP contribution in [0.5, 0.6) is 0 Å². The predicted octanol–water partition coefficient (Wildman–Crippen LogP) is 1.67. The topological polar surface area (TPSA) is 146 Å². The van der Waals surface area contributed by atoms with Gasteiger partial charge in [-0.15, -0.1) is 10.2 Å². The number of halogens is 2. The summed E-state index contributed by atoms with van der Waals surface area (Å²) in [6.45, 7) is 5.28. The molecule has 38 heavy (non-hydrogen) atoms. The Balaban J connectivity index is 1.58. The zero-order valence-electron chi connectivity index (χ0n) is 20.5. The van der Waals surface area contributed by atoms with Crippen molar-refractivity contribution in [2.45, 2.75) is 30.7 Å². The minimum absolute atomic E-state index is 0.0394. The van der Waals surface area contributed by atoms with Gasteiger partial charge in [0.25, 0.3) is 6.43 Å². The summed E-state index contributed by atoms with van der Waals surface area (Å²) in [5.41, 5.74) is -0.323. The Hall–Kier alpha value is -3.26. The average Bonchev–Trinajstić information content (AvgIpc) is 3.53. The number of alkyl halides is 2. The van der Waals surface area contributed by atoms with E-state index in [4.69, 9.17) is 4.74 Å². The Bertz CT molecular complexity index is 1520. The van der Waals surface area contributed by atoms with E-state index < -0.39 is 27.0 Å². The first-order chi connectivity index (χ1) is 18.0. The van der Waals surface area contributed by atoms with Crippen LogP contribution in [0, 0.1) is 17.2 Å². The van der Waals surface area contributed by atoms with E-state index in [1.165, 1.54) is 22.9 Å². The van der Waals surface area contributed by atoms with Crippen molar-refractivity contribution in [1.29, 1.82) is 5.26 Å². The van der Waals surface area contributed by atoms with Crippen LogP contribution in [0.2, 0.25) is 0 Å². The maximum atomic E-state index is 13.4. The van der Waals surface area contributed by atoms with Crippen molar-refractivity contribution in [2.75, 3.05) is 44.3 Å². The minimum atomic E-state index is -4.21. The molecule has 5 rings (SSSR count). The Morgan fingerprint density at radius 1 is 1.24 bits per heavy atom. The molecule has 1 N–H and O–H groups in total. The highest BCUT2D eigenvalue weighted by molar-refractivity contribution is 7.89. The molecular weight excluding hydrogens is 542 g/mol. The third-order valence-electron chi connectivity index (χ3n) is 6.39. The SMILES string of the molecule is CC(C)C(=O)N1CCN(c2cc(S(=O)(=O)NC3(C#N)COC3)cn3c(-c4nnc(C(F)F)s4)ncc23)CC1. The molecular formula is C22H24F2N8O4S2. The van der Waals surface area contributed by atoms with Gasteiger partial charge in [-0.3, -0.25) is 9.20 Å². The Kier molecular flexibility index (Phi) is 6.80. The van der Waals surface area contributed by atoms with E-state index in [0.29, 0.717) is 48.7 Å². The summed E-state index contributed by atoms with van der Waals surface area (Å²) in [5.74, 6) is 0.0500. The number of sulfonamides is 1. The monoisotopic (exact) mass is 566 g/mol. The number of nitrogens with one attached hydrogen (secondary N) is 1.